The van der Waals surface area contributed by atoms with E-state index in [-0.39, 0.29) is 0 Å². The highest BCUT2D eigenvalue weighted by atomic mass is 35.5. The van der Waals surface area contributed by atoms with E-state index in [1.54, 1.807) is 0 Å². The van der Waals surface area contributed by atoms with Crippen LogP contribution in [0.5, 0.6) is 0 Å². The molecule has 0 amide bonds. The fourth-order valence-corrected chi connectivity index (χ4v) is 0.879. The summed E-state index contributed by atoms with van der Waals surface area (Å²) in [5.41, 5.74) is 0. The van der Waals surface area contributed by atoms with Crippen molar-refractivity contribution in [1.82, 2.24) is 0 Å². The lowest BCUT2D eigenvalue weighted by molar-refractivity contribution is 0.568. The van der Waals surface area contributed by atoms with Gasteiger partial charge in [-0.3, -0.25) is 9.59 Å². The number of unbranched alkanes of at least 4 members (excludes halogenated alkanes) is 1. The fourth-order valence-electron chi connectivity index (χ4n) is 0.612. The topological polar surface area (TPSA) is 78.7 Å². The van der Waals surface area contributed by atoms with Crippen LogP contribution >= 0.6 is 23.2 Å². The molecule has 0 aliphatic rings. The highest BCUT2D eigenvalue weighted by Gasteiger charge is 2.19. The van der Waals surface area contributed by atoms with E-state index in [2.05, 4.69) is 6.92 Å². The summed E-state index contributed by atoms with van der Waals surface area (Å²) in [7, 11) is 0. The molecule has 0 saturated carbocycles. The van der Waals surface area contributed by atoms with Gasteiger partial charge < -0.3 is 10.8 Å². The second-order valence-electron chi connectivity index (χ2n) is 2.50. The molecule has 0 rings (SSSR count). The van der Waals surface area contributed by atoms with E-state index >= 15 is 0 Å². The molecular weight excluding hydrogens is 239 g/mol. The van der Waals surface area contributed by atoms with E-state index in [1.807, 2.05) is 6.92 Å². The molecule has 0 aromatic heterocycles. The number of hydrogen-bond acceptors (Lipinski definition) is 2. The average molecular weight is 253 g/mol. The van der Waals surface area contributed by atoms with Crippen molar-refractivity contribution in [1.29, 1.82) is 0 Å². The monoisotopic (exact) mass is 252 g/mol. The van der Waals surface area contributed by atoms with E-state index < -0.39 is 4.33 Å². The lowest BCUT2D eigenvalue weighted by Crippen LogP contribution is -2.09. The smallest absolute Gasteiger partial charge is 0.118 e. The summed E-state index contributed by atoms with van der Waals surface area (Å²) in [5, 5.41) is 13.5. The molecule has 0 spiro atoms. The Morgan fingerprint density at radius 1 is 1.13 bits per heavy atom. The van der Waals surface area contributed by atoms with Gasteiger partial charge >= 0.3 is 0 Å². The molecule has 0 fully saturated rings. The van der Waals surface area contributed by atoms with Crippen molar-refractivity contribution in [2.45, 2.75) is 43.9 Å². The maximum absolute atomic E-state index is 8.24. The molecule has 0 aliphatic carbocycles. The van der Waals surface area contributed by atoms with Crippen LogP contribution < -0.4 is 0 Å². The van der Waals surface area contributed by atoms with Gasteiger partial charge in [0.2, 0.25) is 0 Å². The highest BCUT2D eigenvalue weighted by Crippen LogP contribution is 2.30. The predicted octanol–water partition coefficient (Wildman–Crippen LogP) is 3.54. The summed E-state index contributed by atoms with van der Waals surface area (Å²) < 4.78 is -0.462. The third-order valence-electron chi connectivity index (χ3n) is 1.41. The van der Waals surface area contributed by atoms with Gasteiger partial charge in [0.1, 0.15) is 4.33 Å². The van der Waals surface area contributed by atoms with E-state index in [1.165, 1.54) is 6.42 Å². The van der Waals surface area contributed by atoms with Gasteiger partial charge in [0, 0.05) is 0 Å². The van der Waals surface area contributed by atoms with E-state index in [0.717, 1.165) is 19.3 Å². The van der Waals surface area contributed by atoms with Crippen molar-refractivity contribution in [3.63, 3.8) is 0 Å². The summed E-state index contributed by atoms with van der Waals surface area (Å²) in [5.74, 6) is 0. The molecule has 0 N–H and O–H groups in total. The quantitative estimate of drug-likeness (QED) is 0.436. The van der Waals surface area contributed by atoms with Crippen LogP contribution in [0.3, 0.4) is 0 Å². The van der Waals surface area contributed by atoms with Crippen LogP contribution in [0.25, 0.3) is 10.8 Å². The Hall–Kier alpha value is -0.660. The third-order valence-corrected chi connectivity index (χ3v) is 2.33. The van der Waals surface area contributed by atoms with Gasteiger partial charge in [-0.1, -0.05) is 26.7 Å². The van der Waals surface area contributed by atoms with Crippen LogP contribution in [-0.4, -0.2) is 16.5 Å². The van der Waals surface area contributed by atoms with E-state index in [9.17, 15) is 0 Å². The number of halogens is 2. The molecule has 15 heavy (non-hydrogen) atoms. The summed E-state index contributed by atoms with van der Waals surface area (Å²) in [6.45, 7) is 4.15. The van der Waals surface area contributed by atoms with Crippen molar-refractivity contribution in [3.05, 3.63) is 10.8 Å². The zero-order valence-electron chi connectivity index (χ0n) is 8.80. The molecule has 88 valence electrons. The van der Waals surface area contributed by atoms with Crippen LogP contribution in [0.15, 0.2) is 0 Å². The van der Waals surface area contributed by atoms with E-state index in [0.29, 0.717) is 12.2 Å². The Morgan fingerprint density at radius 3 is 1.67 bits per heavy atom. The number of alkyl halides is 2. The minimum Gasteiger partial charge on any atom is -0.724 e. The SMILES string of the molecule is CCCCC(Cl)(Cl)CC.[N-]=C=O.[N-]=C=O. The minimum absolute atomic E-state index is 0.462. The predicted molar refractivity (Wildman–Crippen MR) is 62.4 cm³/mol. The lowest BCUT2D eigenvalue weighted by Gasteiger charge is -2.15. The summed E-state index contributed by atoms with van der Waals surface area (Å²) in [6.07, 6.45) is 5.06. The maximum Gasteiger partial charge on any atom is 0.118 e. The molecule has 4 nitrogen and oxygen atoms in total. The summed E-state index contributed by atoms with van der Waals surface area (Å²) in [6, 6.07) is 0. The largest absolute Gasteiger partial charge is 0.724 e. The second kappa shape index (κ2) is 15.8. The summed E-state index contributed by atoms with van der Waals surface area (Å²) in [4.78, 5) is 16.5. The van der Waals surface area contributed by atoms with Gasteiger partial charge in [0.15, 0.2) is 0 Å². The Kier molecular flexibility index (Phi) is 20.9. The molecule has 0 radical (unpaired) electrons. The zero-order chi connectivity index (χ0) is 12.7. The molecule has 0 unspecified atom stereocenters. The first-order chi connectivity index (χ1) is 6.95. The van der Waals surface area contributed by atoms with Crippen LogP contribution in [-0.2, 0) is 9.59 Å². The van der Waals surface area contributed by atoms with Crippen LogP contribution in [0, 0.1) is 0 Å². The first-order valence-electron chi connectivity index (χ1n) is 4.35. The number of carbonyl (C=O) groups excluding carboxylic acids is 2. The number of hydrogen-bond donors (Lipinski definition) is 0. The van der Waals surface area contributed by atoms with Gasteiger partial charge in [-0.15, -0.1) is 23.2 Å². The molecule has 6 heteroatoms. The van der Waals surface area contributed by atoms with Crippen LogP contribution in [0.1, 0.15) is 39.5 Å². The van der Waals surface area contributed by atoms with Crippen molar-refractivity contribution in [2.75, 3.05) is 0 Å². The fraction of sp³-hybridized carbons (Fsp3) is 0.778. The Morgan fingerprint density at radius 2 is 1.47 bits per heavy atom. The molecule has 0 aromatic carbocycles. The molecule has 0 saturated heterocycles. The standard InChI is InChI=1S/C7H14Cl2.2CNO/c1-3-5-6-7(8,9)4-2;2*2-1-3/h3-6H2,1-2H3;;/q;2*-1. The third kappa shape index (κ3) is 31.8. The van der Waals surface area contributed by atoms with Gasteiger partial charge in [-0.25, -0.2) is 0 Å². The number of isocyanates is 2. The Labute approximate surface area is 100.0 Å². The van der Waals surface area contributed by atoms with Gasteiger partial charge in [-0.2, -0.15) is 0 Å². The second-order valence-corrected chi connectivity index (χ2v) is 4.14. The van der Waals surface area contributed by atoms with Crippen molar-refractivity contribution < 1.29 is 9.59 Å². The minimum atomic E-state index is -0.462. The number of nitrogens with zero attached hydrogens (tertiary/aromatic N) is 2. The van der Waals surface area contributed by atoms with Gasteiger partial charge in [0.25, 0.3) is 0 Å². The van der Waals surface area contributed by atoms with Crippen molar-refractivity contribution in [2.24, 2.45) is 0 Å². The number of rotatable bonds is 4. The Bertz CT molecular complexity index is 184. The van der Waals surface area contributed by atoms with Crippen molar-refractivity contribution >= 4 is 35.4 Å². The molecule has 0 bridgehead atoms. The van der Waals surface area contributed by atoms with Crippen molar-refractivity contribution in [3.8, 4) is 0 Å². The first kappa shape index (κ1) is 19.8. The summed E-state index contributed by atoms with van der Waals surface area (Å²) >= 11 is 11.7. The molecule has 0 aliphatic heterocycles. The maximum atomic E-state index is 8.24. The zero-order valence-corrected chi connectivity index (χ0v) is 10.3. The van der Waals surface area contributed by atoms with Gasteiger partial charge in [-0.05, 0) is 25.0 Å². The Balaban J connectivity index is -0.000000200. The lowest BCUT2D eigenvalue weighted by atomic mass is 10.1. The van der Waals surface area contributed by atoms with Crippen LogP contribution in [0.2, 0.25) is 0 Å². The van der Waals surface area contributed by atoms with Gasteiger partial charge in [0.05, 0.1) is 0 Å². The molecule has 0 heterocycles. The normalized spacial score (nSPS) is 8.27. The van der Waals surface area contributed by atoms with Crippen LogP contribution in [0.4, 0.5) is 0 Å². The molecular formula is C9H14Cl2N2O2-2. The first-order valence-corrected chi connectivity index (χ1v) is 5.11. The van der Waals surface area contributed by atoms with E-state index in [4.69, 9.17) is 43.6 Å². The highest BCUT2D eigenvalue weighted by molar-refractivity contribution is 6.48. The molecule has 0 atom stereocenters. The average Bonchev–Trinajstić information content (AvgIpc) is 2.17. The molecule has 0 aromatic rings.